The molecule has 5 N–H and O–H groups in total. The van der Waals surface area contributed by atoms with Crippen LogP contribution in [-0.2, 0) is 48.2 Å². The molecule has 3 aliphatic heterocycles. The fourth-order valence-corrected chi connectivity index (χ4v) is 11.5. The van der Waals surface area contributed by atoms with Gasteiger partial charge >= 0.3 is 6.18 Å². The van der Waals surface area contributed by atoms with Crippen LogP contribution in [0.2, 0.25) is 0 Å². The number of anilines is 1. The number of nitrogens with one attached hydrogen (secondary N) is 5. The van der Waals surface area contributed by atoms with Crippen LogP contribution in [0.5, 0.6) is 5.75 Å². The van der Waals surface area contributed by atoms with Crippen molar-refractivity contribution in [3.8, 4) is 5.75 Å². The highest BCUT2D eigenvalue weighted by molar-refractivity contribution is 7.90. The predicted octanol–water partition coefficient (Wildman–Crippen LogP) is 3.28. The fraction of sp³-hybridized carbons (Fsp3) is 0.569. The molecule has 3 saturated heterocycles. The number of sulfonamides is 1. The highest BCUT2D eigenvalue weighted by Crippen LogP contribution is 2.55. The third-order valence-electron chi connectivity index (χ3n) is 14.5. The number of methoxy groups -OCH3 is 1. The molecule has 6 amide bonds. The number of benzene rings is 1. The van der Waals surface area contributed by atoms with Crippen molar-refractivity contribution in [3.05, 3.63) is 83.4 Å². The Morgan fingerprint density at radius 1 is 0.923 bits per heavy atom. The lowest BCUT2D eigenvalue weighted by molar-refractivity contribution is -0.272. The van der Waals surface area contributed by atoms with Gasteiger partial charge in [0.1, 0.15) is 17.8 Å². The van der Waals surface area contributed by atoms with E-state index in [9.17, 15) is 59.1 Å². The van der Waals surface area contributed by atoms with Crippen LogP contribution in [0.15, 0.2) is 55.0 Å². The van der Waals surface area contributed by atoms with Gasteiger partial charge in [0.15, 0.2) is 17.2 Å². The average Bonchev–Trinajstić information content (AvgIpc) is 4.35. The summed E-state index contributed by atoms with van der Waals surface area (Å²) in [6, 6.07) is 6.53. The maximum absolute atomic E-state index is 14.7. The molecule has 4 fully saturated rings. The van der Waals surface area contributed by atoms with Crippen molar-refractivity contribution in [1.29, 1.82) is 0 Å². The summed E-state index contributed by atoms with van der Waals surface area (Å²) in [5.74, 6) is -9.98. The van der Waals surface area contributed by atoms with Gasteiger partial charge in [-0.25, -0.2) is 17.5 Å². The number of amides is 6. The number of carbonyl (C=O) groups is 6. The van der Waals surface area contributed by atoms with Crippen molar-refractivity contribution in [2.24, 2.45) is 11.8 Å². The standard InChI is InChI=1S/C51H64F5N9O12S/c1-29-41(35-9-10-37(52)42(53)44(35)74-4)45(77-50(29,3)51(54,55)56)48(70)63-32-11-16-58-38(26-32)47(69)60-18-24-76-23-17-59-39(66)14-22-75-25-19-61-78(72,73)34-12-20-64(21-13-34)49(71)30(2)62-46(68)36-27-40(67)65(33-7-8-33)43(36)31-6-5-15-57-28-31/h5-6,9-11,15-16,26,28-30,33-34,36,41,43,45,61H,7-8,12-14,17-25,27H2,1-4H3,(H,59,66)(H,60,69)(H,62,68)(H,58,63,70)/t29-,30+,36-,41-,43+,45+,50+/m0/s1. The molecule has 78 heavy (non-hydrogen) atoms. The van der Waals surface area contributed by atoms with Crippen molar-refractivity contribution < 1.29 is 78.1 Å². The zero-order valence-corrected chi connectivity index (χ0v) is 44.2. The lowest BCUT2D eigenvalue weighted by atomic mass is 9.77. The van der Waals surface area contributed by atoms with Gasteiger partial charge in [0.05, 0.1) is 50.7 Å². The number of ether oxygens (including phenoxy) is 4. The third-order valence-corrected chi connectivity index (χ3v) is 16.5. The normalized spacial score (nSPS) is 23.2. The van der Waals surface area contributed by atoms with Crippen LogP contribution >= 0.6 is 0 Å². The second-order valence-corrected chi connectivity index (χ2v) is 21.8. The van der Waals surface area contributed by atoms with Crippen LogP contribution in [0.25, 0.3) is 0 Å². The molecule has 2 aromatic heterocycles. The zero-order valence-electron chi connectivity index (χ0n) is 43.4. The van der Waals surface area contributed by atoms with Crippen LogP contribution in [0.4, 0.5) is 27.6 Å². The van der Waals surface area contributed by atoms with Crippen LogP contribution < -0.4 is 30.7 Å². The Balaban J connectivity index is 0.740. The summed E-state index contributed by atoms with van der Waals surface area (Å²) in [7, 11) is -2.75. The van der Waals surface area contributed by atoms with Gasteiger partial charge in [-0.3, -0.25) is 38.7 Å². The van der Waals surface area contributed by atoms with Gasteiger partial charge in [0.2, 0.25) is 39.5 Å². The van der Waals surface area contributed by atoms with Crippen LogP contribution in [0.3, 0.4) is 0 Å². The maximum atomic E-state index is 14.7. The predicted molar refractivity (Wildman–Crippen MR) is 268 cm³/mol. The number of rotatable bonds is 24. The molecule has 0 radical (unpaired) electrons. The summed E-state index contributed by atoms with van der Waals surface area (Å²) in [6.07, 6.45) is -0.256. The molecule has 0 bridgehead atoms. The number of hydrogen-bond acceptors (Lipinski definition) is 14. The molecule has 27 heteroatoms. The van der Waals surface area contributed by atoms with Gasteiger partial charge in [-0.05, 0) is 69.4 Å². The summed E-state index contributed by atoms with van der Waals surface area (Å²) in [4.78, 5) is 90.2. The molecular formula is C51H64F5N9O12S. The van der Waals surface area contributed by atoms with Gasteiger partial charge in [0, 0.05) is 93.3 Å². The quantitative estimate of drug-likeness (QED) is 0.0637. The van der Waals surface area contributed by atoms with Gasteiger partial charge in [-0.1, -0.05) is 19.1 Å². The molecule has 0 spiro atoms. The minimum absolute atomic E-state index is 0.00363. The number of likely N-dealkylation sites (tertiary alicyclic amines) is 2. The van der Waals surface area contributed by atoms with Crippen molar-refractivity contribution >= 4 is 51.2 Å². The molecular weight excluding hydrogens is 1060 g/mol. The molecule has 1 saturated carbocycles. The zero-order chi connectivity index (χ0) is 56.5. The SMILES string of the molecule is COc1c([C@H]2[C@H](C(=O)Nc3ccnc(C(=O)NCCOCCNC(=O)CCOCCNS(=O)(=O)C4CCN(C(=O)[C@@H](C)NC(=O)[C@H]5CC(=O)N(C6CC6)[C@@H]5c5cccnc5)CC4)c3)O[C@@](C)(C(F)(F)F)[C@H]2C)ccc(F)c1F. The number of alkyl halides is 3. The van der Waals surface area contributed by atoms with Crippen molar-refractivity contribution in [3.63, 3.8) is 0 Å². The first-order valence-corrected chi connectivity index (χ1v) is 27.1. The maximum Gasteiger partial charge on any atom is 0.417 e. The van der Waals surface area contributed by atoms with E-state index >= 15 is 0 Å². The van der Waals surface area contributed by atoms with E-state index in [1.807, 2.05) is 6.07 Å². The molecule has 426 valence electrons. The number of hydrogen-bond donors (Lipinski definition) is 5. The Labute approximate surface area is 447 Å². The fourth-order valence-electron chi connectivity index (χ4n) is 10.1. The Morgan fingerprint density at radius 2 is 1.62 bits per heavy atom. The number of pyridine rings is 2. The summed E-state index contributed by atoms with van der Waals surface area (Å²) in [5, 5.41) is 9.70. The monoisotopic (exact) mass is 1120 g/mol. The molecule has 4 aliphatic rings. The van der Waals surface area contributed by atoms with Crippen molar-refractivity contribution in [2.75, 3.05) is 71.6 Å². The van der Waals surface area contributed by atoms with Crippen molar-refractivity contribution in [1.82, 2.24) is 40.4 Å². The van der Waals surface area contributed by atoms with E-state index in [1.165, 1.54) is 30.2 Å². The molecule has 0 unspecified atom stereocenters. The van der Waals surface area contributed by atoms with Gasteiger partial charge in [0.25, 0.3) is 11.8 Å². The molecule has 5 heterocycles. The molecule has 7 atom stereocenters. The molecule has 1 aromatic carbocycles. The summed E-state index contributed by atoms with van der Waals surface area (Å²) < 4.78 is 122. The largest absolute Gasteiger partial charge is 0.493 e. The summed E-state index contributed by atoms with van der Waals surface area (Å²) in [5.41, 5.74) is -2.51. The van der Waals surface area contributed by atoms with Crippen molar-refractivity contribution in [2.45, 2.75) is 106 Å². The first-order valence-electron chi connectivity index (χ1n) is 25.6. The number of nitrogens with zero attached hydrogens (tertiary/aromatic N) is 4. The van der Waals surface area contributed by atoms with E-state index in [-0.39, 0.29) is 126 Å². The molecule has 1 aliphatic carbocycles. The first kappa shape index (κ1) is 59.2. The minimum Gasteiger partial charge on any atom is -0.493 e. The number of aromatic nitrogens is 2. The van der Waals surface area contributed by atoms with Gasteiger partial charge < -0.3 is 50.0 Å². The molecule has 21 nitrogen and oxygen atoms in total. The van der Waals surface area contributed by atoms with E-state index in [2.05, 4.69) is 36.0 Å². The average molecular weight is 1120 g/mol. The Kier molecular flexibility index (Phi) is 19.4. The second-order valence-electron chi connectivity index (χ2n) is 19.7. The topological polar surface area (TPSA) is 266 Å². The summed E-state index contributed by atoms with van der Waals surface area (Å²) >= 11 is 0. The Hall–Kier alpha value is -6.42. The number of carbonyl (C=O) groups excluding carboxylic acids is 6. The van der Waals surface area contributed by atoms with E-state index < -0.39 is 98.1 Å². The van der Waals surface area contributed by atoms with Gasteiger partial charge in [-0.2, -0.15) is 17.6 Å². The molecule has 3 aromatic rings. The van der Waals surface area contributed by atoms with E-state index in [0.717, 1.165) is 44.6 Å². The highest BCUT2D eigenvalue weighted by Gasteiger charge is 2.66. The van der Waals surface area contributed by atoms with Crippen LogP contribution in [0.1, 0.15) is 92.9 Å². The lowest BCUT2D eigenvalue weighted by Gasteiger charge is -2.34. The summed E-state index contributed by atoms with van der Waals surface area (Å²) in [6.45, 7) is 4.04. The lowest BCUT2D eigenvalue weighted by Crippen LogP contribution is -2.52. The smallest absolute Gasteiger partial charge is 0.417 e. The minimum atomic E-state index is -4.97. The van der Waals surface area contributed by atoms with E-state index in [1.54, 1.807) is 30.3 Å². The van der Waals surface area contributed by atoms with Crippen LogP contribution in [-0.4, -0.2) is 165 Å². The highest BCUT2D eigenvalue weighted by atomic mass is 32.2. The van der Waals surface area contributed by atoms with Gasteiger partial charge in [-0.15, -0.1) is 0 Å². The Bertz CT molecular complexity index is 2770. The number of piperidine rings is 1. The van der Waals surface area contributed by atoms with E-state index in [4.69, 9.17) is 18.9 Å². The first-order chi connectivity index (χ1) is 37.1. The molecule has 7 rings (SSSR count). The Morgan fingerprint density at radius 3 is 2.28 bits per heavy atom. The van der Waals surface area contributed by atoms with Crippen LogP contribution in [0, 0.1) is 23.5 Å². The third kappa shape index (κ3) is 13.9. The van der Waals surface area contributed by atoms with E-state index in [0.29, 0.717) is 0 Å². The number of halogens is 5. The second kappa shape index (κ2) is 25.6.